The summed E-state index contributed by atoms with van der Waals surface area (Å²) in [5.74, 6) is -0.903. The lowest BCUT2D eigenvalue weighted by Gasteiger charge is -2.26. The first-order chi connectivity index (χ1) is 15.4. The van der Waals surface area contributed by atoms with Crippen molar-refractivity contribution in [1.82, 2.24) is 15.1 Å². The predicted octanol–water partition coefficient (Wildman–Crippen LogP) is 3.61. The molecule has 0 aliphatic heterocycles. The molecule has 0 spiro atoms. The van der Waals surface area contributed by atoms with Gasteiger partial charge < -0.3 is 10.0 Å². The third-order valence-electron chi connectivity index (χ3n) is 5.59. The zero-order valence-electron chi connectivity index (χ0n) is 18.5. The molecule has 7 heteroatoms. The molecule has 168 valence electrons. The molecule has 2 unspecified atom stereocenters. The number of nitrogens with zero attached hydrogens (tertiary/aromatic N) is 2. The van der Waals surface area contributed by atoms with Crippen molar-refractivity contribution in [3.05, 3.63) is 87.3 Å². The van der Waals surface area contributed by atoms with E-state index in [-0.39, 0.29) is 11.6 Å². The Hall–Kier alpha value is -2.98. The fourth-order valence-corrected chi connectivity index (χ4v) is 4.20. The molecule has 0 saturated carbocycles. The first-order valence-electron chi connectivity index (χ1n) is 10.9. The number of aromatic nitrogens is 2. The lowest BCUT2D eigenvalue weighted by molar-refractivity contribution is 0.0741. The second kappa shape index (κ2) is 11.1. The Morgan fingerprint density at radius 2 is 1.84 bits per heavy atom. The number of carbonyl (C=O) groups is 1. The molecule has 6 nitrogen and oxygen atoms in total. The number of nitrogens with one attached hydrogen (secondary N) is 1. The molecule has 3 aromatic rings. The summed E-state index contributed by atoms with van der Waals surface area (Å²) in [6, 6.07) is 16.9. The summed E-state index contributed by atoms with van der Waals surface area (Å²) in [7, 11) is 2.74. The zero-order valence-corrected chi connectivity index (χ0v) is 19.7. The Kier molecular flexibility index (Phi) is 8.18. The van der Waals surface area contributed by atoms with Gasteiger partial charge >= 0.3 is 0 Å². The molecule has 0 saturated heterocycles. The topological polar surface area (TPSA) is 86.3 Å². The van der Waals surface area contributed by atoms with Crippen LogP contribution in [-0.4, -0.2) is 39.2 Å². The average Bonchev–Trinajstić information content (AvgIpc) is 2.80. The van der Waals surface area contributed by atoms with Gasteiger partial charge in [-0.3, -0.25) is 14.7 Å². The summed E-state index contributed by atoms with van der Waals surface area (Å²) in [6.45, 7) is 5.12. The van der Waals surface area contributed by atoms with Crippen molar-refractivity contribution in [3.63, 3.8) is 0 Å². The number of rotatable bonds is 9. The van der Waals surface area contributed by atoms with E-state index >= 15 is 0 Å². The van der Waals surface area contributed by atoms with Gasteiger partial charge in [0.1, 0.15) is 0 Å². The zero-order chi connectivity index (χ0) is 23.1. The maximum Gasteiger partial charge on any atom is 0.275 e. The van der Waals surface area contributed by atoms with Crippen LogP contribution in [0.15, 0.2) is 59.5 Å². The van der Waals surface area contributed by atoms with Gasteiger partial charge in [-0.05, 0) is 41.3 Å². The van der Waals surface area contributed by atoms with Gasteiger partial charge in [0.05, 0.1) is 6.20 Å². The molecule has 1 amide bonds. The van der Waals surface area contributed by atoms with E-state index in [1.165, 1.54) is 16.7 Å². The standard InChI is InChI=1S/C25H30N3O3P/c1-3-12-28(25(31)23-24(30)22(29)16-26-27-23)13-11-21(19-9-6-10-20(32)15-19)18-8-5-7-17(4-2)14-18/h5-10,14-16,21H,3-4,11-13,32H2,1-2H3,(H,26,30)(H,27,29). The minimum atomic E-state index is -0.671. The van der Waals surface area contributed by atoms with Crippen molar-refractivity contribution in [2.24, 2.45) is 0 Å². The summed E-state index contributed by atoms with van der Waals surface area (Å²) >= 11 is 0. The van der Waals surface area contributed by atoms with Gasteiger partial charge in [0, 0.05) is 19.0 Å². The van der Waals surface area contributed by atoms with E-state index in [0.717, 1.165) is 24.3 Å². The van der Waals surface area contributed by atoms with Gasteiger partial charge in [-0.15, -0.1) is 9.24 Å². The van der Waals surface area contributed by atoms with Crippen molar-refractivity contribution in [2.45, 2.75) is 39.0 Å². The lowest BCUT2D eigenvalue weighted by Crippen LogP contribution is -2.35. The van der Waals surface area contributed by atoms with Crippen molar-refractivity contribution in [2.75, 3.05) is 13.1 Å². The summed E-state index contributed by atoms with van der Waals surface area (Å²) in [5, 5.41) is 17.4. The SMILES string of the molecule is CCCN(CCC(c1cccc(P)c1)c1cccc(CC)c1)C(=O)c1[nH]ncc(=O)c1O. The molecule has 0 fully saturated rings. The highest BCUT2D eigenvalue weighted by Gasteiger charge is 2.23. The molecule has 0 radical (unpaired) electrons. The van der Waals surface area contributed by atoms with Crippen LogP contribution >= 0.6 is 9.24 Å². The minimum Gasteiger partial charge on any atom is -0.502 e. The number of aromatic amines is 1. The van der Waals surface area contributed by atoms with E-state index in [1.54, 1.807) is 4.90 Å². The number of carbonyl (C=O) groups excluding carboxylic acids is 1. The molecular weight excluding hydrogens is 421 g/mol. The number of amides is 1. The normalized spacial score (nSPS) is 11.8. The van der Waals surface area contributed by atoms with E-state index in [4.69, 9.17) is 0 Å². The van der Waals surface area contributed by atoms with Crippen molar-refractivity contribution in [1.29, 1.82) is 0 Å². The second-order valence-corrected chi connectivity index (χ2v) is 8.53. The molecule has 2 aromatic carbocycles. The highest BCUT2D eigenvalue weighted by atomic mass is 31.0. The number of aryl methyl sites for hydroxylation is 1. The van der Waals surface area contributed by atoms with Gasteiger partial charge in [-0.1, -0.05) is 62.4 Å². The Labute approximate surface area is 190 Å². The predicted molar refractivity (Wildman–Crippen MR) is 131 cm³/mol. The maximum atomic E-state index is 13.1. The fraction of sp³-hybridized carbons (Fsp3) is 0.320. The van der Waals surface area contributed by atoms with E-state index in [2.05, 4.69) is 62.8 Å². The quantitative estimate of drug-likeness (QED) is 0.487. The van der Waals surface area contributed by atoms with Crippen molar-refractivity contribution < 1.29 is 9.90 Å². The maximum absolute atomic E-state index is 13.1. The van der Waals surface area contributed by atoms with Crippen LogP contribution in [0.25, 0.3) is 0 Å². The van der Waals surface area contributed by atoms with E-state index in [0.29, 0.717) is 19.5 Å². The summed E-state index contributed by atoms with van der Waals surface area (Å²) in [5.41, 5.74) is 2.83. The number of benzene rings is 2. The van der Waals surface area contributed by atoms with Crippen LogP contribution in [-0.2, 0) is 6.42 Å². The molecule has 1 aromatic heterocycles. The number of hydrogen-bond acceptors (Lipinski definition) is 4. The number of hydrogen-bond donors (Lipinski definition) is 2. The Balaban J connectivity index is 1.91. The van der Waals surface area contributed by atoms with Gasteiger partial charge in [-0.2, -0.15) is 5.10 Å². The second-order valence-electron chi connectivity index (χ2n) is 7.86. The first-order valence-corrected chi connectivity index (χ1v) is 11.5. The van der Waals surface area contributed by atoms with Crippen LogP contribution in [0.1, 0.15) is 59.8 Å². The van der Waals surface area contributed by atoms with Crippen LogP contribution in [0, 0.1) is 0 Å². The molecule has 0 aliphatic rings. The number of H-pyrrole nitrogens is 1. The summed E-state index contributed by atoms with van der Waals surface area (Å²) in [6.07, 6.45) is 3.38. The Bertz CT molecular complexity index is 1130. The Morgan fingerprint density at radius 1 is 1.12 bits per heavy atom. The molecular formula is C25H30N3O3P. The van der Waals surface area contributed by atoms with Gasteiger partial charge in [-0.25, -0.2) is 0 Å². The molecule has 1 heterocycles. The molecule has 0 bridgehead atoms. The van der Waals surface area contributed by atoms with Crippen LogP contribution < -0.4 is 10.7 Å². The molecule has 32 heavy (non-hydrogen) atoms. The average molecular weight is 452 g/mol. The monoisotopic (exact) mass is 451 g/mol. The van der Waals surface area contributed by atoms with Crippen LogP contribution in [0.5, 0.6) is 5.75 Å². The smallest absolute Gasteiger partial charge is 0.275 e. The van der Waals surface area contributed by atoms with Gasteiger partial charge in [0.15, 0.2) is 11.4 Å². The highest BCUT2D eigenvalue weighted by molar-refractivity contribution is 7.27. The van der Waals surface area contributed by atoms with Crippen LogP contribution in [0.2, 0.25) is 0 Å². The molecule has 2 N–H and O–H groups in total. The van der Waals surface area contributed by atoms with E-state index < -0.39 is 17.1 Å². The molecule has 2 atom stereocenters. The minimum absolute atomic E-state index is 0.107. The Morgan fingerprint density at radius 3 is 2.53 bits per heavy atom. The van der Waals surface area contributed by atoms with Crippen molar-refractivity contribution >= 4 is 20.5 Å². The highest BCUT2D eigenvalue weighted by Crippen LogP contribution is 2.29. The number of aromatic hydroxyl groups is 1. The fourth-order valence-electron chi connectivity index (χ4n) is 3.90. The van der Waals surface area contributed by atoms with Crippen LogP contribution in [0.3, 0.4) is 0 Å². The molecule has 0 aliphatic carbocycles. The van der Waals surface area contributed by atoms with Gasteiger partial charge in [0.25, 0.3) is 5.91 Å². The lowest BCUT2D eigenvalue weighted by atomic mass is 9.87. The molecule has 3 rings (SSSR count). The van der Waals surface area contributed by atoms with Gasteiger partial charge in [0.2, 0.25) is 5.43 Å². The summed E-state index contributed by atoms with van der Waals surface area (Å²) in [4.78, 5) is 26.5. The van der Waals surface area contributed by atoms with Crippen LogP contribution in [0.4, 0.5) is 0 Å². The van der Waals surface area contributed by atoms with Crippen molar-refractivity contribution in [3.8, 4) is 5.75 Å². The third kappa shape index (κ3) is 5.63. The third-order valence-corrected chi connectivity index (χ3v) is 5.94. The van der Waals surface area contributed by atoms with E-state index in [9.17, 15) is 14.7 Å². The largest absolute Gasteiger partial charge is 0.502 e. The summed E-state index contributed by atoms with van der Waals surface area (Å²) < 4.78 is 0. The van der Waals surface area contributed by atoms with E-state index in [1.807, 2.05) is 19.1 Å². The first kappa shape index (κ1) is 23.7.